The van der Waals surface area contributed by atoms with Gasteiger partial charge >= 0.3 is 6.18 Å². The fourth-order valence-electron chi connectivity index (χ4n) is 2.94. The highest BCUT2D eigenvalue weighted by Gasteiger charge is 2.36. The molecule has 1 aliphatic rings. The molecule has 0 N–H and O–H groups in total. The van der Waals surface area contributed by atoms with Gasteiger partial charge in [-0.1, -0.05) is 6.08 Å². The normalized spacial score (nSPS) is 15.5. The second-order valence-corrected chi connectivity index (χ2v) is 6.73. The van der Waals surface area contributed by atoms with E-state index in [9.17, 15) is 18.0 Å². The third kappa shape index (κ3) is 3.00. The molecule has 0 aromatic carbocycles. The van der Waals surface area contributed by atoms with Crippen LogP contribution in [0.4, 0.5) is 13.2 Å². The monoisotopic (exact) mass is 354 g/mol. The van der Waals surface area contributed by atoms with Crippen LogP contribution >= 0.6 is 11.3 Å². The van der Waals surface area contributed by atoms with Gasteiger partial charge in [0.2, 0.25) is 0 Å². The minimum Gasteiger partial charge on any atom is -0.334 e. The van der Waals surface area contributed by atoms with Crippen LogP contribution in [0.5, 0.6) is 0 Å². The van der Waals surface area contributed by atoms with Crippen LogP contribution in [0.3, 0.4) is 0 Å². The van der Waals surface area contributed by atoms with Crippen molar-refractivity contribution in [3.8, 4) is 5.69 Å². The summed E-state index contributed by atoms with van der Waals surface area (Å²) in [5.74, 6) is -0.218. The van der Waals surface area contributed by atoms with Crippen LogP contribution in [0.2, 0.25) is 0 Å². The summed E-state index contributed by atoms with van der Waals surface area (Å²) < 4.78 is 40.1. The Labute approximate surface area is 142 Å². The molecule has 3 rings (SSSR count). The first-order chi connectivity index (χ1) is 11.3. The van der Waals surface area contributed by atoms with E-state index < -0.39 is 11.7 Å². The lowest BCUT2D eigenvalue weighted by atomic mass is 10.1. The molecule has 0 spiro atoms. The molecule has 7 heteroatoms. The summed E-state index contributed by atoms with van der Waals surface area (Å²) in [4.78, 5) is 14.8. The number of halogens is 3. The van der Waals surface area contributed by atoms with Gasteiger partial charge < -0.3 is 9.47 Å². The van der Waals surface area contributed by atoms with Gasteiger partial charge in [0.05, 0.1) is 5.69 Å². The maximum absolute atomic E-state index is 12.8. The predicted octanol–water partition coefficient (Wildman–Crippen LogP) is 4.49. The summed E-state index contributed by atoms with van der Waals surface area (Å²) in [7, 11) is 0. The molecule has 0 atom stereocenters. The lowest BCUT2D eigenvalue weighted by Gasteiger charge is -2.27. The minimum absolute atomic E-state index is 0.00530. The molecule has 0 saturated heterocycles. The largest absolute Gasteiger partial charge is 0.412 e. The van der Waals surface area contributed by atoms with Crippen LogP contribution in [-0.4, -0.2) is 34.6 Å². The molecule has 1 amide bonds. The van der Waals surface area contributed by atoms with Gasteiger partial charge in [-0.3, -0.25) is 4.79 Å². The van der Waals surface area contributed by atoms with Gasteiger partial charge in [-0.2, -0.15) is 13.2 Å². The average molecular weight is 354 g/mol. The van der Waals surface area contributed by atoms with Gasteiger partial charge in [-0.25, -0.2) is 0 Å². The first-order valence-electron chi connectivity index (χ1n) is 7.57. The topological polar surface area (TPSA) is 25.2 Å². The molecule has 24 heavy (non-hydrogen) atoms. The minimum atomic E-state index is -4.30. The Morgan fingerprint density at radius 3 is 2.38 bits per heavy atom. The van der Waals surface area contributed by atoms with E-state index in [0.717, 1.165) is 23.2 Å². The van der Waals surface area contributed by atoms with E-state index in [4.69, 9.17) is 0 Å². The van der Waals surface area contributed by atoms with Crippen LogP contribution in [0, 0.1) is 13.8 Å². The Bertz CT molecular complexity index is 782. The van der Waals surface area contributed by atoms with Crippen molar-refractivity contribution in [2.24, 2.45) is 0 Å². The fourth-order valence-corrected chi connectivity index (χ4v) is 3.78. The summed E-state index contributed by atoms with van der Waals surface area (Å²) in [5, 5.41) is 1.84. The van der Waals surface area contributed by atoms with E-state index in [1.54, 1.807) is 0 Å². The molecular weight excluding hydrogens is 337 g/mol. The smallest absolute Gasteiger partial charge is 0.334 e. The molecule has 2 aromatic heterocycles. The van der Waals surface area contributed by atoms with Crippen molar-refractivity contribution in [3.63, 3.8) is 0 Å². The standard InChI is InChI=1S/C17H17F3N2OS/c1-11-3-4-12(2)22(11)14-7-10-24-15(14)16(23)21-8-5-13(6-9-21)17(18,19)20/h3-5,7,10H,6,8-9H2,1-2H3. The van der Waals surface area contributed by atoms with Crippen molar-refractivity contribution in [2.45, 2.75) is 26.4 Å². The number of rotatable bonds is 2. The molecule has 0 saturated carbocycles. The summed E-state index contributed by atoms with van der Waals surface area (Å²) in [6.45, 7) is 4.00. The second-order valence-electron chi connectivity index (χ2n) is 5.81. The molecule has 0 radical (unpaired) electrons. The van der Waals surface area contributed by atoms with Crippen LogP contribution in [0.1, 0.15) is 27.5 Å². The summed E-state index contributed by atoms with van der Waals surface area (Å²) in [6, 6.07) is 5.82. The van der Waals surface area contributed by atoms with Gasteiger partial charge in [0, 0.05) is 30.1 Å². The van der Waals surface area contributed by atoms with Gasteiger partial charge in [0.15, 0.2) is 0 Å². The maximum Gasteiger partial charge on any atom is 0.412 e. The lowest BCUT2D eigenvalue weighted by molar-refractivity contribution is -0.0957. The Morgan fingerprint density at radius 2 is 1.83 bits per heavy atom. The van der Waals surface area contributed by atoms with E-state index in [2.05, 4.69) is 0 Å². The zero-order valence-electron chi connectivity index (χ0n) is 13.4. The van der Waals surface area contributed by atoms with Gasteiger partial charge in [-0.15, -0.1) is 11.3 Å². The molecule has 128 valence electrons. The van der Waals surface area contributed by atoms with E-state index in [-0.39, 0.29) is 25.4 Å². The molecule has 3 heterocycles. The Balaban J connectivity index is 1.86. The average Bonchev–Trinajstić information content (AvgIpc) is 3.12. The first-order valence-corrected chi connectivity index (χ1v) is 8.45. The Kier molecular flexibility index (Phi) is 4.29. The molecule has 1 aliphatic heterocycles. The van der Waals surface area contributed by atoms with Crippen LogP contribution in [-0.2, 0) is 0 Å². The number of nitrogens with zero attached hydrogens (tertiary/aromatic N) is 2. The van der Waals surface area contributed by atoms with E-state index in [0.29, 0.717) is 4.88 Å². The lowest BCUT2D eigenvalue weighted by Crippen LogP contribution is -2.36. The summed E-state index contributed by atoms with van der Waals surface area (Å²) >= 11 is 1.32. The molecule has 0 aliphatic carbocycles. The van der Waals surface area contributed by atoms with E-state index >= 15 is 0 Å². The highest BCUT2D eigenvalue weighted by atomic mass is 32.1. The first kappa shape index (κ1) is 16.8. The number of thiophene rings is 1. The number of amides is 1. The number of carbonyl (C=O) groups excluding carboxylic acids is 1. The van der Waals surface area contributed by atoms with Crippen molar-refractivity contribution in [3.05, 3.63) is 51.5 Å². The van der Waals surface area contributed by atoms with Gasteiger partial charge in [-0.05, 0) is 43.8 Å². The van der Waals surface area contributed by atoms with Gasteiger partial charge in [0.1, 0.15) is 4.88 Å². The summed E-state index contributed by atoms with van der Waals surface area (Å²) in [6.07, 6.45) is -3.35. The highest BCUT2D eigenvalue weighted by molar-refractivity contribution is 7.12. The maximum atomic E-state index is 12.8. The summed E-state index contributed by atoms with van der Waals surface area (Å²) in [5.41, 5.74) is 2.27. The molecule has 0 fully saturated rings. The number of hydrogen-bond donors (Lipinski definition) is 0. The Hall–Kier alpha value is -2.02. The second kappa shape index (κ2) is 6.12. The van der Waals surface area contributed by atoms with Gasteiger partial charge in [0.25, 0.3) is 5.91 Å². The van der Waals surface area contributed by atoms with Crippen LogP contribution < -0.4 is 0 Å². The molecule has 0 unspecified atom stereocenters. The van der Waals surface area contributed by atoms with Crippen molar-refractivity contribution < 1.29 is 18.0 Å². The predicted molar refractivity (Wildman–Crippen MR) is 87.8 cm³/mol. The van der Waals surface area contributed by atoms with Crippen molar-refractivity contribution in [1.29, 1.82) is 0 Å². The van der Waals surface area contributed by atoms with Crippen molar-refractivity contribution in [2.75, 3.05) is 13.1 Å². The third-order valence-electron chi connectivity index (χ3n) is 4.21. The number of aromatic nitrogens is 1. The zero-order chi connectivity index (χ0) is 17.5. The van der Waals surface area contributed by atoms with E-state index in [1.807, 2.05) is 42.0 Å². The number of carbonyl (C=O) groups is 1. The SMILES string of the molecule is Cc1ccc(C)n1-c1ccsc1C(=O)N1CC=C(C(F)(F)F)CC1. The fraction of sp³-hybridized carbons (Fsp3) is 0.353. The zero-order valence-corrected chi connectivity index (χ0v) is 14.2. The van der Waals surface area contributed by atoms with Crippen molar-refractivity contribution in [1.82, 2.24) is 9.47 Å². The molecular formula is C17H17F3N2OS. The number of alkyl halides is 3. The molecule has 0 bridgehead atoms. The van der Waals surface area contributed by atoms with E-state index in [1.165, 1.54) is 16.2 Å². The van der Waals surface area contributed by atoms with Crippen LogP contribution in [0.15, 0.2) is 35.2 Å². The Morgan fingerprint density at radius 1 is 1.17 bits per heavy atom. The third-order valence-corrected chi connectivity index (χ3v) is 5.10. The van der Waals surface area contributed by atoms with Crippen molar-refractivity contribution >= 4 is 17.2 Å². The molecule has 3 nitrogen and oxygen atoms in total. The number of aryl methyl sites for hydroxylation is 2. The quantitative estimate of drug-likeness (QED) is 0.730. The highest BCUT2D eigenvalue weighted by Crippen LogP contribution is 2.32. The van der Waals surface area contributed by atoms with Crippen LogP contribution in [0.25, 0.3) is 5.69 Å². The molecule has 2 aromatic rings. The number of hydrogen-bond acceptors (Lipinski definition) is 2.